The Morgan fingerprint density at radius 1 is 0.745 bits per heavy atom. The Kier molecular flexibility index (Phi) is 10.7. The van der Waals surface area contributed by atoms with E-state index < -0.39 is 17.0 Å². The van der Waals surface area contributed by atoms with Crippen molar-refractivity contribution in [3.05, 3.63) is 12.2 Å². The molecule has 1 saturated heterocycles. The summed E-state index contributed by atoms with van der Waals surface area (Å²) in [5.74, 6) is 1.15. The van der Waals surface area contributed by atoms with Crippen molar-refractivity contribution in [1.29, 1.82) is 0 Å². The lowest BCUT2D eigenvalue weighted by atomic mass is 9.32. The highest BCUT2D eigenvalue weighted by Gasteiger charge is 2.72. The van der Waals surface area contributed by atoms with Gasteiger partial charge in [0.25, 0.3) is 0 Å². The predicted octanol–water partition coefficient (Wildman–Crippen LogP) is 9.53. The number of carbonyl (C=O) groups excluding carboxylic acids is 3. The van der Waals surface area contributed by atoms with E-state index in [4.69, 9.17) is 9.47 Å². The number of carbonyl (C=O) groups is 4. The van der Waals surface area contributed by atoms with Gasteiger partial charge in [0.2, 0.25) is 5.91 Å². The molecule has 9 nitrogen and oxygen atoms in total. The number of carboxylic acid groups (broad SMARTS) is 1. The van der Waals surface area contributed by atoms with Gasteiger partial charge in [-0.25, -0.2) is 4.79 Å². The minimum atomic E-state index is -0.895. The van der Waals surface area contributed by atoms with Crippen molar-refractivity contribution in [2.24, 2.45) is 62.1 Å². The van der Waals surface area contributed by atoms with Crippen molar-refractivity contribution >= 4 is 23.9 Å². The van der Waals surface area contributed by atoms with E-state index in [9.17, 15) is 19.5 Å². The molecule has 0 spiro atoms. The molecule has 2 amide bonds. The van der Waals surface area contributed by atoms with Crippen molar-refractivity contribution in [2.75, 3.05) is 26.2 Å². The molecule has 0 radical (unpaired) electrons. The lowest BCUT2D eigenvalue weighted by Gasteiger charge is -2.73. The van der Waals surface area contributed by atoms with Crippen LogP contribution in [0.4, 0.5) is 4.79 Å². The Morgan fingerprint density at radius 2 is 1.38 bits per heavy atom. The highest BCUT2D eigenvalue weighted by Crippen LogP contribution is 2.77. The summed E-state index contributed by atoms with van der Waals surface area (Å²) < 4.78 is 11.9. The number of piperazine rings is 1. The van der Waals surface area contributed by atoms with Gasteiger partial charge in [0, 0.05) is 31.6 Å². The number of carboxylic acids is 1. The Balaban J connectivity index is 1.21. The van der Waals surface area contributed by atoms with Crippen LogP contribution in [0.1, 0.15) is 153 Å². The van der Waals surface area contributed by atoms with Crippen molar-refractivity contribution in [2.45, 2.75) is 165 Å². The number of hydrogen-bond acceptors (Lipinski definition) is 6. The first-order valence-electron chi connectivity index (χ1n) is 21.7. The first kappa shape index (κ1) is 42.0. The summed E-state index contributed by atoms with van der Waals surface area (Å²) in [5.41, 5.74) is -0.232. The minimum Gasteiger partial charge on any atom is -0.481 e. The van der Waals surface area contributed by atoms with Crippen LogP contribution in [0.5, 0.6) is 0 Å². The van der Waals surface area contributed by atoms with Gasteiger partial charge in [-0.2, -0.15) is 0 Å². The molecule has 0 bridgehead atoms. The number of esters is 1. The molecule has 6 rings (SSSR count). The molecule has 6 fully saturated rings. The van der Waals surface area contributed by atoms with E-state index >= 15 is 4.79 Å². The molecule has 0 aromatic carbocycles. The van der Waals surface area contributed by atoms with Gasteiger partial charge in [-0.3, -0.25) is 14.4 Å². The van der Waals surface area contributed by atoms with Gasteiger partial charge in [0.05, 0.1) is 18.3 Å². The second-order valence-corrected chi connectivity index (χ2v) is 22.4. The molecule has 0 aromatic heterocycles. The van der Waals surface area contributed by atoms with E-state index in [0.29, 0.717) is 55.8 Å². The summed E-state index contributed by atoms with van der Waals surface area (Å²) in [6.45, 7) is 30.6. The number of allylic oxidation sites excluding steroid dienone is 1. The Labute approximate surface area is 332 Å². The van der Waals surface area contributed by atoms with Gasteiger partial charge >= 0.3 is 18.0 Å². The SMILES string of the molecule is C=C(C)[C@H]1CC[C@]2(C(=O)N3CCN(C(=O)OC(C)(C)C)CC3)CC[C@]3(C)[C@H](CCC4[C@@]5(C)CC[C@H](OC(=O)CC(C)(C)CC(=O)O)C(C)(C)C5CC[C@]43C)C12. The Morgan fingerprint density at radius 3 is 1.98 bits per heavy atom. The van der Waals surface area contributed by atoms with Gasteiger partial charge in [-0.15, -0.1) is 0 Å². The van der Waals surface area contributed by atoms with Crippen molar-refractivity contribution in [3.8, 4) is 0 Å². The number of ether oxygens (including phenoxy) is 2. The van der Waals surface area contributed by atoms with Gasteiger partial charge < -0.3 is 24.4 Å². The second kappa shape index (κ2) is 14.1. The highest BCUT2D eigenvalue weighted by molar-refractivity contribution is 5.84. The minimum absolute atomic E-state index is 0.0625. The highest BCUT2D eigenvalue weighted by atomic mass is 16.6. The molecule has 9 heteroatoms. The molecule has 6 aliphatic rings. The fraction of sp³-hybridized carbons (Fsp3) is 0.870. The zero-order valence-electron chi connectivity index (χ0n) is 36.3. The van der Waals surface area contributed by atoms with Crippen molar-refractivity contribution < 1.29 is 33.8 Å². The summed E-state index contributed by atoms with van der Waals surface area (Å²) in [7, 11) is 0. The number of rotatable bonds is 7. The maximum Gasteiger partial charge on any atom is 0.410 e. The van der Waals surface area contributed by atoms with Gasteiger partial charge in [0.1, 0.15) is 11.7 Å². The molecule has 55 heavy (non-hydrogen) atoms. The number of fused-ring (bicyclic) bond motifs is 7. The maximum absolute atomic E-state index is 15.0. The van der Waals surface area contributed by atoms with E-state index in [2.05, 4.69) is 53.0 Å². The summed E-state index contributed by atoms with van der Waals surface area (Å²) in [6.07, 6.45) is 9.87. The van der Waals surface area contributed by atoms with Gasteiger partial charge in [0.15, 0.2) is 0 Å². The normalized spacial score (nSPS) is 39.8. The van der Waals surface area contributed by atoms with Crippen molar-refractivity contribution in [1.82, 2.24) is 9.80 Å². The molecule has 310 valence electrons. The van der Waals surface area contributed by atoms with E-state index in [1.54, 1.807) is 4.90 Å². The van der Waals surface area contributed by atoms with Crippen LogP contribution in [0.2, 0.25) is 0 Å². The number of aliphatic carboxylic acids is 1. The van der Waals surface area contributed by atoms with Crippen molar-refractivity contribution in [3.63, 3.8) is 0 Å². The van der Waals surface area contributed by atoms with Crippen LogP contribution in [0.3, 0.4) is 0 Å². The summed E-state index contributed by atoms with van der Waals surface area (Å²) in [5, 5.41) is 9.37. The predicted molar refractivity (Wildman–Crippen MR) is 214 cm³/mol. The largest absolute Gasteiger partial charge is 0.481 e. The molecule has 5 aliphatic carbocycles. The van der Waals surface area contributed by atoms with Gasteiger partial charge in [-0.1, -0.05) is 60.6 Å². The van der Waals surface area contributed by atoms with Crippen LogP contribution in [-0.2, 0) is 23.9 Å². The zero-order valence-corrected chi connectivity index (χ0v) is 36.3. The summed E-state index contributed by atoms with van der Waals surface area (Å²) in [6, 6.07) is 0. The maximum atomic E-state index is 15.0. The van der Waals surface area contributed by atoms with Crippen LogP contribution in [0.25, 0.3) is 0 Å². The van der Waals surface area contributed by atoms with Crippen LogP contribution in [-0.4, -0.2) is 76.7 Å². The fourth-order valence-corrected chi connectivity index (χ4v) is 14.5. The van der Waals surface area contributed by atoms with Crippen LogP contribution in [0, 0.1) is 62.1 Å². The Hall–Kier alpha value is -2.58. The summed E-state index contributed by atoms with van der Waals surface area (Å²) in [4.78, 5) is 56.4. The number of hydrogen-bond donors (Lipinski definition) is 1. The molecule has 1 aliphatic heterocycles. The third kappa shape index (κ3) is 7.05. The average molecular weight is 767 g/mol. The third-order valence-corrected chi connectivity index (χ3v) is 17.2. The molecule has 10 atom stereocenters. The van der Waals surface area contributed by atoms with E-state index in [-0.39, 0.29) is 64.0 Å². The monoisotopic (exact) mass is 767 g/mol. The van der Waals surface area contributed by atoms with Crippen LogP contribution < -0.4 is 0 Å². The molecule has 5 saturated carbocycles. The third-order valence-electron chi connectivity index (χ3n) is 17.2. The molecule has 3 unspecified atom stereocenters. The number of amides is 2. The molecule has 0 aromatic rings. The Bertz CT molecular complexity index is 1550. The first-order valence-corrected chi connectivity index (χ1v) is 21.7. The fourth-order valence-electron chi connectivity index (χ4n) is 14.5. The standard InChI is InChI=1S/C46H74N2O7/c1-29(2)30-15-20-46(38(52)47-23-25-48(26-24-47)39(53)55-40(3,4)5)22-21-44(11)31(37(30)46)13-14-33-43(10)18-17-34(42(8,9)32(43)16-19-45(33,44)12)54-36(51)28-41(6,7)27-35(49)50/h30-34,37H,1,13-28H2,2-12H3,(H,49,50)/t30-,31-,32?,33?,34+,37?,43+,44-,45-,46+/m1/s1. The topological polar surface area (TPSA) is 113 Å². The second-order valence-electron chi connectivity index (χ2n) is 22.4. The van der Waals surface area contributed by atoms with E-state index in [0.717, 1.165) is 64.2 Å². The zero-order chi connectivity index (χ0) is 40.7. The summed E-state index contributed by atoms with van der Waals surface area (Å²) >= 11 is 0. The molecule has 1 N–H and O–H groups in total. The van der Waals surface area contributed by atoms with Crippen LogP contribution >= 0.6 is 0 Å². The first-order chi connectivity index (χ1) is 25.3. The quantitative estimate of drug-likeness (QED) is 0.203. The lowest BCUT2D eigenvalue weighted by molar-refractivity contribution is -0.250. The van der Waals surface area contributed by atoms with E-state index in [1.165, 1.54) is 5.57 Å². The van der Waals surface area contributed by atoms with Crippen LogP contribution in [0.15, 0.2) is 12.2 Å². The molecular formula is C46H74N2O7. The van der Waals surface area contributed by atoms with Gasteiger partial charge in [-0.05, 0) is 143 Å². The average Bonchev–Trinajstić information content (AvgIpc) is 3.46. The van der Waals surface area contributed by atoms with E-state index in [1.807, 2.05) is 34.6 Å². The lowest BCUT2D eigenvalue weighted by Crippen LogP contribution is -2.68. The molecule has 1 heterocycles. The number of nitrogens with zero attached hydrogens (tertiary/aromatic N) is 2. The molecular weight excluding hydrogens is 693 g/mol. The smallest absolute Gasteiger partial charge is 0.410 e.